The molecule has 1 saturated carbocycles. The molecule has 6 rings (SSSR count). The molecular formula is C25H29NO3. The van der Waals surface area contributed by atoms with E-state index in [2.05, 4.69) is 29.2 Å². The van der Waals surface area contributed by atoms with Gasteiger partial charge in [0.2, 0.25) is 6.79 Å². The van der Waals surface area contributed by atoms with Crippen LogP contribution in [0.5, 0.6) is 17.2 Å². The van der Waals surface area contributed by atoms with Crippen molar-refractivity contribution in [1.29, 1.82) is 0 Å². The van der Waals surface area contributed by atoms with Crippen LogP contribution in [0.3, 0.4) is 0 Å². The first-order chi connectivity index (χ1) is 14.2. The van der Waals surface area contributed by atoms with Crippen LogP contribution in [0.15, 0.2) is 36.4 Å². The second-order valence-electron chi connectivity index (χ2n) is 9.34. The molecule has 2 aromatic rings. The van der Waals surface area contributed by atoms with E-state index in [0.717, 1.165) is 36.8 Å². The third-order valence-corrected chi connectivity index (χ3v) is 8.06. The average molecular weight is 392 g/mol. The normalized spacial score (nSPS) is 29.9. The van der Waals surface area contributed by atoms with Crippen LogP contribution in [0, 0.1) is 5.92 Å². The third kappa shape index (κ3) is 2.76. The zero-order valence-electron chi connectivity index (χ0n) is 16.9. The number of likely N-dealkylation sites (tertiary alicyclic amines) is 1. The second kappa shape index (κ2) is 6.66. The quantitative estimate of drug-likeness (QED) is 0.841. The summed E-state index contributed by atoms with van der Waals surface area (Å²) in [6.07, 6.45) is 8.72. The number of phenolic OH excluding ortho intramolecular Hbond substituents is 1. The Kier molecular flexibility index (Phi) is 4.05. The number of benzene rings is 2. The van der Waals surface area contributed by atoms with Crippen LogP contribution in [-0.2, 0) is 18.3 Å². The van der Waals surface area contributed by atoms with Crippen LogP contribution in [0.1, 0.15) is 48.8 Å². The Morgan fingerprint density at radius 2 is 1.97 bits per heavy atom. The van der Waals surface area contributed by atoms with Gasteiger partial charge in [0.15, 0.2) is 11.5 Å². The Labute approximate surface area is 172 Å². The van der Waals surface area contributed by atoms with Crippen LogP contribution >= 0.6 is 0 Å². The molecule has 2 aromatic carbocycles. The summed E-state index contributed by atoms with van der Waals surface area (Å²) in [6.45, 7) is 2.61. The fraction of sp³-hybridized carbons (Fsp3) is 0.520. The molecule has 1 N–H and O–H groups in total. The number of hydrogen-bond acceptors (Lipinski definition) is 4. The number of phenols is 1. The molecule has 2 bridgehead atoms. The van der Waals surface area contributed by atoms with Crippen molar-refractivity contribution in [1.82, 2.24) is 4.90 Å². The van der Waals surface area contributed by atoms with E-state index in [4.69, 9.17) is 9.47 Å². The topological polar surface area (TPSA) is 41.9 Å². The summed E-state index contributed by atoms with van der Waals surface area (Å²) in [5, 5.41) is 10.2. The number of hydrogen-bond donors (Lipinski definition) is 1. The lowest BCUT2D eigenvalue weighted by atomic mass is 9.52. The predicted octanol–water partition coefficient (Wildman–Crippen LogP) is 4.42. The number of piperidine rings is 1. The molecule has 152 valence electrons. The van der Waals surface area contributed by atoms with Crippen molar-refractivity contribution in [2.75, 3.05) is 19.9 Å². The Morgan fingerprint density at radius 3 is 2.93 bits per heavy atom. The lowest BCUT2D eigenvalue weighted by Gasteiger charge is -2.59. The first-order valence-corrected chi connectivity index (χ1v) is 11.2. The van der Waals surface area contributed by atoms with E-state index in [-0.39, 0.29) is 0 Å². The summed E-state index contributed by atoms with van der Waals surface area (Å²) in [7, 11) is 0. The highest BCUT2D eigenvalue weighted by Crippen LogP contribution is 2.56. The summed E-state index contributed by atoms with van der Waals surface area (Å²) in [5.74, 6) is 2.92. The highest BCUT2D eigenvalue weighted by Gasteiger charge is 2.53. The smallest absolute Gasteiger partial charge is 0.231 e. The zero-order chi connectivity index (χ0) is 19.4. The second-order valence-corrected chi connectivity index (χ2v) is 9.34. The number of fused-ring (bicyclic) bond motifs is 2. The Bertz CT molecular complexity index is 942. The monoisotopic (exact) mass is 391 g/mol. The molecule has 0 radical (unpaired) electrons. The maximum atomic E-state index is 10.2. The minimum atomic E-state index is 0.296. The fourth-order valence-electron chi connectivity index (χ4n) is 6.72. The number of nitrogens with zero attached hydrogens (tertiary/aromatic N) is 1. The first kappa shape index (κ1) is 17.6. The van der Waals surface area contributed by atoms with Crippen molar-refractivity contribution >= 4 is 0 Å². The fourth-order valence-corrected chi connectivity index (χ4v) is 6.72. The first-order valence-electron chi connectivity index (χ1n) is 11.2. The lowest BCUT2D eigenvalue weighted by Crippen LogP contribution is -2.61. The Morgan fingerprint density at radius 1 is 1.03 bits per heavy atom. The molecule has 0 unspecified atom stereocenters. The molecule has 2 aliphatic heterocycles. The van der Waals surface area contributed by atoms with E-state index in [9.17, 15) is 5.11 Å². The third-order valence-electron chi connectivity index (χ3n) is 8.06. The minimum absolute atomic E-state index is 0.296. The lowest BCUT2D eigenvalue weighted by molar-refractivity contribution is -0.0106. The maximum Gasteiger partial charge on any atom is 0.231 e. The average Bonchev–Trinajstić information content (AvgIpc) is 3.21. The van der Waals surface area contributed by atoms with Gasteiger partial charge in [-0.1, -0.05) is 25.0 Å². The number of rotatable bonds is 3. The van der Waals surface area contributed by atoms with Gasteiger partial charge in [-0.05, 0) is 85.5 Å². The summed E-state index contributed by atoms with van der Waals surface area (Å²) in [5.41, 5.74) is 4.56. The highest BCUT2D eigenvalue weighted by atomic mass is 16.7. The maximum absolute atomic E-state index is 10.2. The number of aromatic hydroxyl groups is 1. The molecule has 2 aliphatic carbocycles. The standard InChI is InChI=1S/C25H29NO3/c27-19-6-5-18-14-22-20-3-1-2-9-25(20,21(18)15-19)10-12-26(22)11-8-17-4-7-23-24(13-17)29-16-28-23/h4-7,13,15,20,22,27H,1-3,8-12,14,16H2/t20-,22+,25-/m1/s1. The van der Waals surface area contributed by atoms with Gasteiger partial charge in [-0.2, -0.15) is 0 Å². The summed E-state index contributed by atoms with van der Waals surface area (Å²) >= 11 is 0. The van der Waals surface area contributed by atoms with E-state index in [1.165, 1.54) is 55.3 Å². The molecule has 29 heavy (non-hydrogen) atoms. The van der Waals surface area contributed by atoms with Crippen molar-refractivity contribution in [2.45, 2.75) is 56.4 Å². The van der Waals surface area contributed by atoms with E-state index in [1.54, 1.807) is 0 Å². The van der Waals surface area contributed by atoms with Gasteiger partial charge in [0.25, 0.3) is 0 Å². The molecule has 4 heteroatoms. The van der Waals surface area contributed by atoms with Crippen LogP contribution in [0.4, 0.5) is 0 Å². The van der Waals surface area contributed by atoms with Gasteiger partial charge in [-0.3, -0.25) is 4.90 Å². The molecule has 2 fully saturated rings. The van der Waals surface area contributed by atoms with Gasteiger partial charge in [-0.25, -0.2) is 0 Å². The van der Waals surface area contributed by atoms with Gasteiger partial charge in [0.05, 0.1) is 0 Å². The molecule has 2 heterocycles. The molecule has 0 spiro atoms. The van der Waals surface area contributed by atoms with E-state index >= 15 is 0 Å². The molecule has 1 saturated heterocycles. The Balaban J connectivity index is 1.26. The summed E-state index contributed by atoms with van der Waals surface area (Å²) < 4.78 is 11.0. The van der Waals surface area contributed by atoms with E-state index < -0.39 is 0 Å². The molecular weight excluding hydrogens is 362 g/mol. The summed E-state index contributed by atoms with van der Waals surface area (Å²) in [6, 6.07) is 13.2. The van der Waals surface area contributed by atoms with Gasteiger partial charge >= 0.3 is 0 Å². The molecule has 0 amide bonds. The zero-order valence-corrected chi connectivity index (χ0v) is 16.9. The van der Waals surface area contributed by atoms with Crippen LogP contribution in [-0.4, -0.2) is 35.9 Å². The Hall–Kier alpha value is -2.20. The van der Waals surface area contributed by atoms with Crippen LogP contribution in [0.2, 0.25) is 0 Å². The molecule has 0 aromatic heterocycles. The van der Waals surface area contributed by atoms with Crippen molar-refractivity contribution in [2.24, 2.45) is 5.92 Å². The van der Waals surface area contributed by atoms with Gasteiger partial charge in [-0.15, -0.1) is 0 Å². The van der Waals surface area contributed by atoms with Gasteiger partial charge in [0.1, 0.15) is 5.75 Å². The van der Waals surface area contributed by atoms with Crippen molar-refractivity contribution in [3.8, 4) is 17.2 Å². The van der Waals surface area contributed by atoms with Crippen LogP contribution < -0.4 is 9.47 Å². The van der Waals surface area contributed by atoms with E-state index in [1.807, 2.05) is 12.1 Å². The minimum Gasteiger partial charge on any atom is -0.508 e. The van der Waals surface area contributed by atoms with E-state index in [0.29, 0.717) is 24.0 Å². The number of ether oxygens (including phenoxy) is 2. The van der Waals surface area contributed by atoms with Crippen molar-refractivity contribution in [3.63, 3.8) is 0 Å². The van der Waals surface area contributed by atoms with Gasteiger partial charge in [0, 0.05) is 18.0 Å². The van der Waals surface area contributed by atoms with Crippen molar-refractivity contribution < 1.29 is 14.6 Å². The predicted molar refractivity (Wildman–Crippen MR) is 112 cm³/mol. The highest BCUT2D eigenvalue weighted by molar-refractivity contribution is 5.46. The van der Waals surface area contributed by atoms with Crippen molar-refractivity contribution in [3.05, 3.63) is 53.1 Å². The van der Waals surface area contributed by atoms with Crippen LogP contribution in [0.25, 0.3) is 0 Å². The SMILES string of the molecule is Oc1ccc2c(c1)[C@@]13CCCC[C@@H]1[C@H](C2)N(CCc1ccc2c(c1)OCO2)CC3. The molecule has 4 nitrogen and oxygen atoms in total. The largest absolute Gasteiger partial charge is 0.508 e. The summed E-state index contributed by atoms with van der Waals surface area (Å²) in [4.78, 5) is 2.76. The molecule has 3 atom stereocenters. The molecule has 4 aliphatic rings. The van der Waals surface area contributed by atoms with Gasteiger partial charge < -0.3 is 14.6 Å².